The number of aliphatic hydroxyl groups is 1. The van der Waals surface area contributed by atoms with Crippen LogP contribution in [0.5, 0.6) is 0 Å². The van der Waals surface area contributed by atoms with Crippen LogP contribution in [0.25, 0.3) is 0 Å². The van der Waals surface area contributed by atoms with Crippen LogP contribution in [-0.2, 0) is 0 Å². The molecule has 4 N–H and O–H groups in total. The van der Waals surface area contributed by atoms with E-state index in [0.717, 1.165) is 18.7 Å². The number of nitrogens with one attached hydrogen (secondary N) is 3. The lowest BCUT2D eigenvalue weighted by molar-refractivity contribution is 0.00305. The third-order valence-corrected chi connectivity index (χ3v) is 3.23. The average Bonchev–Trinajstić information content (AvgIpc) is 3.06. The third kappa shape index (κ3) is 2.32. The second-order valence-electron chi connectivity index (χ2n) is 4.97. The molecule has 1 aliphatic heterocycles. The van der Waals surface area contributed by atoms with Gasteiger partial charge in [-0.2, -0.15) is 0 Å². The Hall–Kier alpha value is -1.40. The highest BCUT2D eigenvalue weighted by Crippen LogP contribution is 2.37. The second kappa shape index (κ2) is 3.82. The Balaban J connectivity index is 1.71. The number of hydrogen-bond acceptors (Lipinski definition) is 5. The van der Waals surface area contributed by atoms with Crippen LogP contribution in [0.15, 0.2) is 10.9 Å². The van der Waals surface area contributed by atoms with Gasteiger partial charge in [-0.1, -0.05) is 0 Å². The van der Waals surface area contributed by atoms with Gasteiger partial charge < -0.3 is 20.7 Å². The maximum atomic E-state index is 11.4. The van der Waals surface area contributed by atoms with Crippen molar-refractivity contribution < 1.29 is 5.11 Å². The maximum Gasteiger partial charge on any atom is 0.252 e. The van der Waals surface area contributed by atoms with Crippen LogP contribution in [0.3, 0.4) is 0 Å². The summed E-state index contributed by atoms with van der Waals surface area (Å²) in [5.41, 5.74) is -0.840. The lowest BCUT2D eigenvalue weighted by Crippen LogP contribution is -2.63. The van der Waals surface area contributed by atoms with Crippen molar-refractivity contribution in [1.82, 2.24) is 15.3 Å². The summed E-state index contributed by atoms with van der Waals surface area (Å²) in [6, 6.07) is 1.43. The standard InChI is InChI=1S/C11H16N4O2/c16-9-3-8(13-6-11(17)4-12-5-11)14-10(15-9)7-1-2-7/h3,7,12,17H,1-2,4-6H2,(H2,13,14,15,16). The molecule has 17 heavy (non-hydrogen) atoms. The Bertz CT molecular complexity index is 477. The molecule has 1 aromatic rings. The summed E-state index contributed by atoms with van der Waals surface area (Å²) in [5, 5.41) is 15.9. The fourth-order valence-corrected chi connectivity index (χ4v) is 1.91. The third-order valence-electron chi connectivity index (χ3n) is 3.23. The summed E-state index contributed by atoms with van der Waals surface area (Å²) in [7, 11) is 0. The Morgan fingerprint density at radius 3 is 2.88 bits per heavy atom. The topological polar surface area (TPSA) is 90.0 Å². The quantitative estimate of drug-likeness (QED) is 0.560. The zero-order valence-electron chi connectivity index (χ0n) is 9.49. The summed E-state index contributed by atoms with van der Waals surface area (Å²) in [6.45, 7) is 1.58. The molecule has 0 unspecified atom stereocenters. The first-order valence-corrected chi connectivity index (χ1v) is 5.93. The van der Waals surface area contributed by atoms with Gasteiger partial charge in [-0.15, -0.1) is 0 Å². The van der Waals surface area contributed by atoms with Gasteiger partial charge in [0, 0.05) is 31.6 Å². The lowest BCUT2D eigenvalue weighted by Gasteiger charge is -2.37. The molecule has 6 heteroatoms. The number of aromatic amines is 1. The molecule has 3 rings (SSSR count). The zero-order chi connectivity index (χ0) is 11.9. The van der Waals surface area contributed by atoms with Gasteiger partial charge in [-0.3, -0.25) is 4.79 Å². The minimum Gasteiger partial charge on any atom is -0.385 e. The molecular formula is C11H16N4O2. The summed E-state index contributed by atoms with van der Waals surface area (Å²) < 4.78 is 0. The van der Waals surface area contributed by atoms with Crippen LogP contribution in [0.1, 0.15) is 24.6 Å². The van der Waals surface area contributed by atoms with E-state index in [1.54, 1.807) is 0 Å². The molecule has 2 heterocycles. The fourth-order valence-electron chi connectivity index (χ4n) is 1.91. The average molecular weight is 236 g/mol. The highest BCUT2D eigenvalue weighted by atomic mass is 16.3. The van der Waals surface area contributed by atoms with Crippen molar-refractivity contribution in [2.24, 2.45) is 0 Å². The maximum absolute atomic E-state index is 11.4. The largest absolute Gasteiger partial charge is 0.385 e. The van der Waals surface area contributed by atoms with Crippen molar-refractivity contribution in [1.29, 1.82) is 0 Å². The molecule has 1 aliphatic carbocycles. The van der Waals surface area contributed by atoms with Crippen molar-refractivity contribution >= 4 is 5.82 Å². The Morgan fingerprint density at radius 1 is 1.53 bits per heavy atom. The number of anilines is 1. The van der Waals surface area contributed by atoms with E-state index in [2.05, 4.69) is 20.6 Å². The molecule has 6 nitrogen and oxygen atoms in total. The minimum atomic E-state index is -0.704. The Kier molecular flexibility index (Phi) is 2.41. The number of hydrogen-bond donors (Lipinski definition) is 4. The number of aromatic nitrogens is 2. The van der Waals surface area contributed by atoms with Crippen LogP contribution in [0.2, 0.25) is 0 Å². The minimum absolute atomic E-state index is 0.136. The molecule has 1 saturated heterocycles. The second-order valence-corrected chi connectivity index (χ2v) is 4.97. The van der Waals surface area contributed by atoms with E-state index in [9.17, 15) is 9.90 Å². The van der Waals surface area contributed by atoms with E-state index in [1.807, 2.05) is 0 Å². The van der Waals surface area contributed by atoms with Crippen molar-refractivity contribution in [3.8, 4) is 0 Å². The van der Waals surface area contributed by atoms with Crippen LogP contribution in [-0.4, -0.2) is 40.3 Å². The normalized spacial score (nSPS) is 21.9. The molecule has 0 bridgehead atoms. The Morgan fingerprint density at radius 2 is 2.29 bits per heavy atom. The van der Waals surface area contributed by atoms with E-state index in [0.29, 0.717) is 31.4 Å². The van der Waals surface area contributed by atoms with Crippen LogP contribution >= 0.6 is 0 Å². The molecular weight excluding hydrogens is 220 g/mol. The molecule has 1 aromatic heterocycles. The van der Waals surface area contributed by atoms with Gasteiger partial charge in [0.1, 0.15) is 17.2 Å². The fraction of sp³-hybridized carbons (Fsp3) is 0.636. The number of H-pyrrole nitrogens is 1. The predicted molar refractivity (Wildman–Crippen MR) is 63.1 cm³/mol. The predicted octanol–water partition coefficient (Wildman–Crippen LogP) is -0.607. The van der Waals surface area contributed by atoms with E-state index < -0.39 is 5.60 Å². The number of rotatable bonds is 4. The summed E-state index contributed by atoms with van der Waals surface area (Å²) in [4.78, 5) is 18.6. The SMILES string of the molecule is O=c1cc(NCC2(O)CNC2)nc(C2CC2)[nH]1. The molecule has 0 aromatic carbocycles. The smallest absolute Gasteiger partial charge is 0.252 e. The molecule has 92 valence electrons. The molecule has 2 aliphatic rings. The first-order chi connectivity index (χ1) is 8.15. The van der Waals surface area contributed by atoms with Gasteiger partial charge in [-0.05, 0) is 12.8 Å². The van der Waals surface area contributed by atoms with Crippen LogP contribution < -0.4 is 16.2 Å². The highest BCUT2D eigenvalue weighted by molar-refractivity contribution is 5.35. The number of nitrogens with zero attached hydrogens (tertiary/aromatic N) is 1. The van der Waals surface area contributed by atoms with Crippen molar-refractivity contribution in [3.63, 3.8) is 0 Å². The van der Waals surface area contributed by atoms with Gasteiger partial charge in [0.05, 0.1) is 0 Å². The van der Waals surface area contributed by atoms with Crippen molar-refractivity contribution in [2.45, 2.75) is 24.4 Å². The van der Waals surface area contributed by atoms with E-state index in [1.165, 1.54) is 6.07 Å². The van der Waals surface area contributed by atoms with Gasteiger partial charge in [0.25, 0.3) is 5.56 Å². The molecule has 0 atom stereocenters. The van der Waals surface area contributed by atoms with Crippen LogP contribution in [0, 0.1) is 0 Å². The zero-order valence-corrected chi connectivity index (χ0v) is 9.49. The van der Waals surface area contributed by atoms with E-state index >= 15 is 0 Å². The van der Waals surface area contributed by atoms with Crippen molar-refractivity contribution in [3.05, 3.63) is 22.2 Å². The lowest BCUT2D eigenvalue weighted by atomic mass is 9.97. The van der Waals surface area contributed by atoms with Gasteiger partial charge in [0.15, 0.2) is 0 Å². The van der Waals surface area contributed by atoms with Crippen molar-refractivity contribution in [2.75, 3.05) is 25.0 Å². The van der Waals surface area contributed by atoms with E-state index in [-0.39, 0.29) is 5.56 Å². The van der Waals surface area contributed by atoms with Gasteiger partial charge in [-0.25, -0.2) is 4.98 Å². The molecule has 0 radical (unpaired) electrons. The highest BCUT2D eigenvalue weighted by Gasteiger charge is 2.34. The van der Waals surface area contributed by atoms with Gasteiger partial charge in [0.2, 0.25) is 0 Å². The molecule has 1 saturated carbocycles. The summed E-state index contributed by atoms with van der Waals surface area (Å²) in [5.74, 6) is 1.73. The molecule has 0 spiro atoms. The van der Waals surface area contributed by atoms with E-state index in [4.69, 9.17) is 0 Å². The van der Waals surface area contributed by atoms with Gasteiger partial charge >= 0.3 is 0 Å². The first kappa shape index (κ1) is 10.7. The molecule has 2 fully saturated rings. The first-order valence-electron chi connectivity index (χ1n) is 5.93. The number of β-amino-alcohol motifs (C(OH)–C–C–N with tert-alkyl or cyclic N) is 1. The summed E-state index contributed by atoms with van der Waals surface area (Å²) >= 11 is 0. The molecule has 0 amide bonds. The summed E-state index contributed by atoms with van der Waals surface area (Å²) in [6.07, 6.45) is 2.19. The Labute approximate surface area is 98.5 Å². The van der Waals surface area contributed by atoms with Crippen LogP contribution in [0.4, 0.5) is 5.82 Å². The monoisotopic (exact) mass is 236 g/mol.